The molecule has 98 valence electrons. The molecule has 0 spiro atoms. The highest BCUT2D eigenvalue weighted by Gasteiger charge is 2.28. The Balaban J connectivity index is 2.34. The second-order valence-electron chi connectivity index (χ2n) is 5.05. The summed E-state index contributed by atoms with van der Waals surface area (Å²) in [5.74, 6) is 1.21. The number of hydrogen-bond acceptors (Lipinski definition) is 3. The molecule has 2 atom stereocenters. The number of hydrogen-bond donors (Lipinski definition) is 0. The van der Waals surface area contributed by atoms with Gasteiger partial charge < -0.3 is 4.90 Å². The quantitative estimate of drug-likeness (QED) is 0.606. The van der Waals surface area contributed by atoms with Crippen molar-refractivity contribution in [2.24, 2.45) is 11.8 Å². The molecular formula is C13H17ClN2O2. The first-order valence-electron chi connectivity index (χ1n) is 6.18. The molecule has 2 rings (SSSR count). The lowest BCUT2D eigenvalue weighted by atomic mass is 9.88. The Morgan fingerprint density at radius 2 is 2.11 bits per heavy atom. The SMILES string of the molecule is CC1CCN(c2cccc(Cl)c2[N+](=O)[O-])CC1C. The van der Waals surface area contributed by atoms with Gasteiger partial charge in [-0.25, -0.2) is 0 Å². The van der Waals surface area contributed by atoms with Crippen molar-refractivity contribution in [1.29, 1.82) is 0 Å². The first kappa shape index (κ1) is 13.1. The maximum absolute atomic E-state index is 11.1. The Morgan fingerprint density at radius 1 is 1.39 bits per heavy atom. The van der Waals surface area contributed by atoms with Crippen LogP contribution in [0.2, 0.25) is 5.02 Å². The van der Waals surface area contributed by atoms with Crippen molar-refractivity contribution in [2.45, 2.75) is 20.3 Å². The molecule has 4 nitrogen and oxygen atoms in total. The lowest BCUT2D eigenvalue weighted by Crippen LogP contribution is -2.38. The number of anilines is 1. The van der Waals surface area contributed by atoms with E-state index in [-0.39, 0.29) is 15.6 Å². The summed E-state index contributed by atoms with van der Waals surface area (Å²) in [6.45, 7) is 6.12. The molecular weight excluding hydrogens is 252 g/mol. The van der Waals surface area contributed by atoms with Gasteiger partial charge in [-0.05, 0) is 30.4 Å². The molecule has 1 aromatic carbocycles. The van der Waals surface area contributed by atoms with E-state index < -0.39 is 0 Å². The number of halogens is 1. The molecule has 1 heterocycles. The minimum absolute atomic E-state index is 0.0286. The maximum Gasteiger partial charge on any atom is 0.310 e. The summed E-state index contributed by atoms with van der Waals surface area (Å²) in [6, 6.07) is 5.12. The van der Waals surface area contributed by atoms with Gasteiger partial charge in [0, 0.05) is 13.1 Å². The van der Waals surface area contributed by atoms with Crippen LogP contribution < -0.4 is 4.90 Å². The second kappa shape index (κ2) is 5.14. The van der Waals surface area contributed by atoms with Gasteiger partial charge in [0.25, 0.3) is 0 Å². The van der Waals surface area contributed by atoms with Gasteiger partial charge in [0.2, 0.25) is 0 Å². The molecule has 1 aliphatic heterocycles. The van der Waals surface area contributed by atoms with E-state index in [0.29, 0.717) is 17.5 Å². The monoisotopic (exact) mass is 268 g/mol. The Bertz CT molecular complexity index is 464. The Hall–Kier alpha value is -1.29. The predicted molar refractivity (Wildman–Crippen MR) is 73.3 cm³/mol. The van der Waals surface area contributed by atoms with Crippen molar-refractivity contribution in [3.63, 3.8) is 0 Å². The number of nitro groups is 1. The van der Waals surface area contributed by atoms with Crippen molar-refractivity contribution in [3.8, 4) is 0 Å². The summed E-state index contributed by atoms with van der Waals surface area (Å²) in [5, 5.41) is 11.3. The third-order valence-electron chi connectivity index (χ3n) is 3.82. The fourth-order valence-electron chi connectivity index (χ4n) is 2.42. The van der Waals surface area contributed by atoms with E-state index in [0.717, 1.165) is 19.5 Å². The summed E-state index contributed by atoms with van der Waals surface area (Å²) in [5.41, 5.74) is 0.673. The molecule has 1 fully saturated rings. The Kier molecular flexibility index (Phi) is 3.76. The summed E-state index contributed by atoms with van der Waals surface area (Å²) in [4.78, 5) is 12.8. The zero-order valence-electron chi connectivity index (χ0n) is 10.6. The van der Waals surface area contributed by atoms with Gasteiger partial charge in [-0.3, -0.25) is 10.1 Å². The van der Waals surface area contributed by atoms with Crippen LogP contribution in [0.1, 0.15) is 20.3 Å². The van der Waals surface area contributed by atoms with Crippen molar-refractivity contribution in [1.82, 2.24) is 0 Å². The minimum atomic E-state index is -0.389. The van der Waals surface area contributed by atoms with Gasteiger partial charge >= 0.3 is 5.69 Å². The van der Waals surface area contributed by atoms with Crippen LogP contribution in [0.15, 0.2) is 18.2 Å². The lowest BCUT2D eigenvalue weighted by molar-refractivity contribution is -0.384. The number of rotatable bonds is 2. The molecule has 18 heavy (non-hydrogen) atoms. The highest BCUT2D eigenvalue weighted by atomic mass is 35.5. The smallest absolute Gasteiger partial charge is 0.310 e. The lowest BCUT2D eigenvalue weighted by Gasteiger charge is -2.36. The van der Waals surface area contributed by atoms with Crippen molar-refractivity contribution in [2.75, 3.05) is 18.0 Å². The maximum atomic E-state index is 11.1. The predicted octanol–water partition coefficient (Wildman–Crippen LogP) is 3.73. The molecule has 0 aliphatic carbocycles. The van der Waals surface area contributed by atoms with Crippen LogP contribution >= 0.6 is 11.6 Å². The van der Waals surface area contributed by atoms with Crippen LogP contribution in [-0.4, -0.2) is 18.0 Å². The van der Waals surface area contributed by atoms with E-state index >= 15 is 0 Å². The first-order valence-corrected chi connectivity index (χ1v) is 6.56. The molecule has 1 saturated heterocycles. The second-order valence-corrected chi connectivity index (χ2v) is 5.46. The minimum Gasteiger partial charge on any atom is -0.366 e. The zero-order chi connectivity index (χ0) is 13.3. The molecule has 2 unspecified atom stereocenters. The van der Waals surface area contributed by atoms with E-state index in [2.05, 4.69) is 18.7 Å². The van der Waals surface area contributed by atoms with Gasteiger partial charge in [-0.2, -0.15) is 0 Å². The van der Waals surface area contributed by atoms with Crippen LogP contribution in [-0.2, 0) is 0 Å². The van der Waals surface area contributed by atoms with Gasteiger partial charge in [-0.15, -0.1) is 0 Å². The normalized spacial score (nSPS) is 24.1. The van der Waals surface area contributed by atoms with Crippen LogP contribution in [0.25, 0.3) is 0 Å². The molecule has 0 N–H and O–H groups in total. The topological polar surface area (TPSA) is 46.4 Å². The molecule has 0 amide bonds. The summed E-state index contributed by atoms with van der Waals surface area (Å²) in [7, 11) is 0. The van der Waals surface area contributed by atoms with E-state index in [1.54, 1.807) is 18.2 Å². The number of para-hydroxylation sites is 1. The van der Waals surface area contributed by atoms with Gasteiger partial charge in [-0.1, -0.05) is 31.5 Å². The molecule has 0 aromatic heterocycles. The summed E-state index contributed by atoms with van der Waals surface area (Å²) >= 11 is 5.94. The molecule has 0 radical (unpaired) electrons. The fourth-order valence-corrected chi connectivity index (χ4v) is 2.66. The van der Waals surface area contributed by atoms with E-state index in [9.17, 15) is 10.1 Å². The van der Waals surface area contributed by atoms with Crippen LogP contribution in [0.3, 0.4) is 0 Å². The molecule has 1 aliphatic rings. The zero-order valence-corrected chi connectivity index (χ0v) is 11.4. The van der Waals surface area contributed by atoms with E-state index in [1.807, 2.05) is 0 Å². The largest absolute Gasteiger partial charge is 0.366 e. The molecule has 5 heteroatoms. The van der Waals surface area contributed by atoms with E-state index in [4.69, 9.17) is 11.6 Å². The third kappa shape index (κ3) is 2.43. The average Bonchev–Trinajstić information content (AvgIpc) is 2.32. The number of piperidine rings is 1. The molecule has 0 saturated carbocycles. The number of benzene rings is 1. The van der Waals surface area contributed by atoms with Crippen molar-refractivity contribution < 1.29 is 4.92 Å². The number of nitro benzene ring substituents is 1. The Labute approximate surface area is 112 Å². The van der Waals surface area contributed by atoms with E-state index in [1.165, 1.54) is 0 Å². The van der Waals surface area contributed by atoms with Crippen molar-refractivity contribution in [3.05, 3.63) is 33.3 Å². The number of nitrogens with zero attached hydrogens (tertiary/aromatic N) is 2. The summed E-state index contributed by atoms with van der Waals surface area (Å²) in [6.07, 6.45) is 1.06. The highest BCUT2D eigenvalue weighted by Crippen LogP contribution is 2.37. The van der Waals surface area contributed by atoms with Gasteiger partial charge in [0.1, 0.15) is 10.7 Å². The Morgan fingerprint density at radius 3 is 2.72 bits per heavy atom. The van der Waals surface area contributed by atoms with Gasteiger partial charge in [0.15, 0.2) is 0 Å². The third-order valence-corrected chi connectivity index (χ3v) is 4.13. The highest BCUT2D eigenvalue weighted by molar-refractivity contribution is 6.33. The fraction of sp³-hybridized carbons (Fsp3) is 0.538. The van der Waals surface area contributed by atoms with Gasteiger partial charge in [0.05, 0.1) is 4.92 Å². The molecule has 1 aromatic rings. The van der Waals surface area contributed by atoms with Crippen molar-refractivity contribution >= 4 is 23.0 Å². The standard InChI is InChI=1S/C13H17ClN2O2/c1-9-6-7-15(8-10(9)2)12-5-3-4-11(14)13(12)16(17)18/h3-5,9-10H,6-8H2,1-2H3. The average molecular weight is 269 g/mol. The van der Waals surface area contributed by atoms with Crippen LogP contribution in [0, 0.1) is 22.0 Å². The summed E-state index contributed by atoms with van der Waals surface area (Å²) < 4.78 is 0. The van der Waals surface area contributed by atoms with Crippen LogP contribution in [0.4, 0.5) is 11.4 Å². The van der Waals surface area contributed by atoms with Crippen LogP contribution in [0.5, 0.6) is 0 Å². The first-order chi connectivity index (χ1) is 8.50. The molecule has 0 bridgehead atoms.